The van der Waals surface area contributed by atoms with E-state index in [1.807, 2.05) is 46.0 Å². The Balaban J connectivity index is 1.39. The first-order valence-corrected chi connectivity index (χ1v) is 11.3. The van der Waals surface area contributed by atoms with Crippen LogP contribution in [0.15, 0.2) is 61.2 Å². The topological polar surface area (TPSA) is 70.5 Å². The van der Waals surface area contributed by atoms with Crippen molar-refractivity contribution in [2.24, 2.45) is 0 Å². The molecule has 1 N–H and O–H groups in total. The summed E-state index contributed by atoms with van der Waals surface area (Å²) < 4.78 is 1.90. The molecule has 0 bridgehead atoms. The summed E-state index contributed by atoms with van der Waals surface area (Å²) in [6.45, 7) is 3.70. The normalized spacial score (nSPS) is 18.0. The Morgan fingerprint density at radius 3 is 2.72 bits per heavy atom. The predicted octanol–water partition coefficient (Wildman–Crippen LogP) is 4.31. The molecule has 2 aromatic carbocycles. The number of nitrogens with one attached hydrogen (secondary N) is 1. The van der Waals surface area contributed by atoms with Crippen molar-refractivity contribution in [3.63, 3.8) is 0 Å². The second-order valence-electron chi connectivity index (χ2n) is 8.32. The van der Waals surface area contributed by atoms with Crippen molar-refractivity contribution in [2.75, 3.05) is 23.3 Å². The number of nitrogens with zero attached hydrogens (tertiary/aromatic N) is 4. The van der Waals surface area contributed by atoms with Crippen LogP contribution in [-0.2, 0) is 0 Å². The third-order valence-corrected chi connectivity index (χ3v) is 6.41. The Labute approximate surface area is 187 Å². The van der Waals surface area contributed by atoms with Crippen molar-refractivity contribution >= 4 is 23.2 Å². The smallest absolute Gasteiger partial charge is 0.257 e. The highest BCUT2D eigenvalue weighted by Gasteiger charge is 2.37. The summed E-state index contributed by atoms with van der Waals surface area (Å²) in [5, 5.41) is 2.97. The summed E-state index contributed by atoms with van der Waals surface area (Å²) in [6.07, 6.45) is 9.71. The minimum atomic E-state index is -0.185. The van der Waals surface area contributed by atoms with Gasteiger partial charge in [-0.1, -0.05) is 6.42 Å². The van der Waals surface area contributed by atoms with E-state index in [9.17, 15) is 9.59 Å². The lowest BCUT2D eigenvalue weighted by atomic mass is 10.0. The number of amides is 2. The number of carbonyl (C=O) groups excluding carboxylic acids is 2. The van der Waals surface area contributed by atoms with Gasteiger partial charge in [-0.05, 0) is 68.7 Å². The Morgan fingerprint density at radius 1 is 1.12 bits per heavy atom. The van der Waals surface area contributed by atoms with Crippen molar-refractivity contribution in [3.8, 4) is 5.69 Å². The number of fused-ring (bicyclic) bond motifs is 2. The van der Waals surface area contributed by atoms with Crippen LogP contribution in [0.25, 0.3) is 5.69 Å². The zero-order valence-electron chi connectivity index (χ0n) is 18.2. The molecule has 164 valence electrons. The average molecular weight is 430 g/mol. The van der Waals surface area contributed by atoms with E-state index in [1.54, 1.807) is 24.7 Å². The minimum Gasteiger partial charge on any atom is -0.351 e. The molecule has 2 aliphatic heterocycles. The number of anilines is 2. The summed E-state index contributed by atoms with van der Waals surface area (Å²) in [5.74, 6) is -0.103. The van der Waals surface area contributed by atoms with Crippen molar-refractivity contribution in [2.45, 2.75) is 38.8 Å². The van der Waals surface area contributed by atoms with Crippen LogP contribution in [0.3, 0.4) is 0 Å². The lowest BCUT2D eigenvalue weighted by Crippen LogP contribution is -2.55. The van der Waals surface area contributed by atoms with Crippen LogP contribution in [0.4, 0.5) is 11.4 Å². The van der Waals surface area contributed by atoms with Gasteiger partial charge in [-0.3, -0.25) is 9.59 Å². The highest BCUT2D eigenvalue weighted by Crippen LogP contribution is 2.35. The molecule has 3 heterocycles. The molecule has 0 aliphatic carbocycles. The van der Waals surface area contributed by atoms with E-state index >= 15 is 0 Å². The third kappa shape index (κ3) is 3.64. The molecule has 32 heavy (non-hydrogen) atoms. The lowest BCUT2D eigenvalue weighted by molar-refractivity contribution is 0.0656. The molecular formula is C25H27N5O2. The fourth-order valence-corrected chi connectivity index (χ4v) is 4.77. The SMILES string of the molecule is CCN1c2cc(C(=O)Nc3ccc(-n4ccnc4)cc3)ccc2C(=O)N2CCCCCC21. The second kappa shape index (κ2) is 8.49. The van der Waals surface area contributed by atoms with Crippen molar-refractivity contribution in [1.29, 1.82) is 0 Å². The van der Waals surface area contributed by atoms with Crippen molar-refractivity contribution in [3.05, 3.63) is 72.3 Å². The van der Waals surface area contributed by atoms with Crippen LogP contribution >= 0.6 is 0 Å². The maximum absolute atomic E-state index is 13.2. The van der Waals surface area contributed by atoms with Gasteiger partial charge in [-0.25, -0.2) is 4.98 Å². The fourth-order valence-electron chi connectivity index (χ4n) is 4.77. The minimum absolute atomic E-state index is 0.0801. The zero-order chi connectivity index (χ0) is 22.1. The number of imidazole rings is 1. The summed E-state index contributed by atoms with van der Waals surface area (Å²) in [7, 11) is 0. The molecule has 1 fully saturated rings. The molecule has 1 aromatic heterocycles. The molecule has 2 amide bonds. The van der Waals surface area contributed by atoms with Crippen LogP contribution in [0.2, 0.25) is 0 Å². The van der Waals surface area contributed by atoms with E-state index in [-0.39, 0.29) is 18.0 Å². The van der Waals surface area contributed by atoms with Gasteiger partial charge >= 0.3 is 0 Å². The van der Waals surface area contributed by atoms with Gasteiger partial charge in [-0.2, -0.15) is 0 Å². The molecule has 0 saturated carbocycles. The van der Waals surface area contributed by atoms with Gasteiger partial charge in [0.2, 0.25) is 0 Å². The predicted molar refractivity (Wildman–Crippen MR) is 124 cm³/mol. The number of rotatable bonds is 4. The number of hydrogen-bond acceptors (Lipinski definition) is 4. The monoisotopic (exact) mass is 429 g/mol. The summed E-state index contributed by atoms with van der Waals surface area (Å²) in [4.78, 5) is 34.5. The quantitative estimate of drug-likeness (QED) is 0.671. The number of aromatic nitrogens is 2. The van der Waals surface area contributed by atoms with E-state index in [2.05, 4.69) is 22.1 Å². The van der Waals surface area contributed by atoms with Crippen molar-refractivity contribution < 1.29 is 9.59 Å². The van der Waals surface area contributed by atoms with E-state index in [1.165, 1.54) is 0 Å². The molecule has 0 spiro atoms. The Morgan fingerprint density at radius 2 is 1.97 bits per heavy atom. The number of carbonyl (C=O) groups is 2. The molecule has 7 nitrogen and oxygen atoms in total. The van der Waals surface area contributed by atoms with E-state index < -0.39 is 0 Å². The average Bonchev–Trinajstić information content (AvgIpc) is 3.25. The van der Waals surface area contributed by atoms with Gasteiger partial charge in [0.15, 0.2) is 0 Å². The Hall–Kier alpha value is -3.61. The first-order valence-electron chi connectivity index (χ1n) is 11.3. The van der Waals surface area contributed by atoms with Gasteiger partial charge in [0.05, 0.1) is 17.6 Å². The second-order valence-corrected chi connectivity index (χ2v) is 8.32. The Kier molecular flexibility index (Phi) is 5.39. The van der Waals surface area contributed by atoms with Crippen LogP contribution in [0.5, 0.6) is 0 Å². The van der Waals surface area contributed by atoms with E-state index in [0.717, 1.165) is 55.8 Å². The van der Waals surface area contributed by atoms with Gasteiger partial charge in [0.25, 0.3) is 11.8 Å². The molecule has 2 aliphatic rings. The molecule has 1 unspecified atom stereocenters. The van der Waals surface area contributed by atoms with Gasteiger partial charge < -0.3 is 19.7 Å². The van der Waals surface area contributed by atoms with E-state index in [0.29, 0.717) is 11.1 Å². The van der Waals surface area contributed by atoms with Crippen molar-refractivity contribution in [1.82, 2.24) is 14.5 Å². The summed E-state index contributed by atoms with van der Waals surface area (Å²) in [5.41, 5.74) is 3.79. The Bertz CT molecular complexity index is 1120. The van der Waals surface area contributed by atoms with Crippen LogP contribution in [0.1, 0.15) is 53.3 Å². The molecule has 7 heteroatoms. The number of hydrogen-bond donors (Lipinski definition) is 1. The maximum atomic E-state index is 13.2. The third-order valence-electron chi connectivity index (χ3n) is 6.41. The summed E-state index contributed by atoms with van der Waals surface area (Å²) in [6, 6.07) is 13.0. The molecule has 3 aromatic rings. The van der Waals surface area contributed by atoms with Crippen LogP contribution < -0.4 is 10.2 Å². The van der Waals surface area contributed by atoms with Gasteiger partial charge in [-0.15, -0.1) is 0 Å². The van der Waals surface area contributed by atoms with Gasteiger partial charge in [0, 0.05) is 42.4 Å². The fraction of sp³-hybridized carbons (Fsp3) is 0.320. The maximum Gasteiger partial charge on any atom is 0.257 e. The molecular weight excluding hydrogens is 402 g/mol. The molecule has 0 radical (unpaired) electrons. The highest BCUT2D eigenvalue weighted by molar-refractivity contribution is 6.08. The highest BCUT2D eigenvalue weighted by atomic mass is 16.2. The summed E-state index contributed by atoms with van der Waals surface area (Å²) >= 11 is 0. The van der Waals surface area contributed by atoms with Gasteiger partial charge in [0.1, 0.15) is 6.17 Å². The van der Waals surface area contributed by atoms with Crippen LogP contribution in [0, 0.1) is 0 Å². The van der Waals surface area contributed by atoms with E-state index in [4.69, 9.17) is 0 Å². The molecule has 1 saturated heterocycles. The first-order chi connectivity index (χ1) is 15.7. The zero-order valence-corrected chi connectivity index (χ0v) is 18.2. The lowest BCUT2D eigenvalue weighted by Gasteiger charge is -2.44. The number of benzene rings is 2. The molecule has 1 atom stereocenters. The van der Waals surface area contributed by atoms with Crippen LogP contribution in [-0.4, -0.2) is 45.5 Å². The largest absolute Gasteiger partial charge is 0.351 e. The standard InChI is InChI=1S/C25H27N5O2/c1-2-29-22-16-18(7-12-21(22)25(32)30-14-5-3-4-6-23(29)30)24(31)27-19-8-10-20(11-9-19)28-15-13-26-17-28/h7-13,15-17,23H,2-6,14H2,1H3,(H,27,31). The first kappa shape index (κ1) is 20.3. The molecule has 5 rings (SSSR count).